The van der Waals surface area contributed by atoms with Crippen LogP contribution >= 0.6 is 0 Å². The molecule has 0 aliphatic carbocycles. The molecular formula is C22H32N4O. The Morgan fingerprint density at radius 2 is 1.56 bits per heavy atom. The number of nitrogens with one attached hydrogen (secondary N) is 1. The standard InChI is InChI=1S/C22H32N4O/c1-5-15-26(16-6-2)22(27)18-9-14-21(23-17-18)24-19-10-12-20(13-11-19)25(7-3)8-4/h9-14,17H,5-8,15-16H2,1-4H3,(H,23,24). The van der Waals surface area contributed by atoms with Gasteiger partial charge in [0.15, 0.2) is 0 Å². The van der Waals surface area contributed by atoms with E-state index in [9.17, 15) is 4.79 Å². The van der Waals surface area contributed by atoms with Crippen molar-refractivity contribution in [3.05, 3.63) is 48.2 Å². The number of aromatic nitrogens is 1. The fourth-order valence-electron chi connectivity index (χ4n) is 3.12. The van der Waals surface area contributed by atoms with E-state index >= 15 is 0 Å². The highest BCUT2D eigenvalue weighted by molar-refractivity contribution is 5.94. The van der Waals surface area contributed by atoms with Gasteiger partial charge in [-0.15, -0.1) is 0 Å². The SMILES string of the molecule is CCCN(CCC)C(=O)c1ccc(Nc2ccc(N(CC)CC)cc2)nc1. The van der Waals surface area contributed by atoms with Crippen LogP contribution in [0.3, 0.4) is 0 Å². The summed E-state index contributed by atoms with van der Waals surface area (Å²) in [6.45, 7) is 12.0. The molecule has 0 atom stereocenters. The quantitative estimate of drug-likeness (QED) is 0.646. The minimum atomic E-state index is 0.0568. The number of amides is 1. The third-order valence-electron chi connectivity index (χ3n) is 4.55. The number of carbonyl (C=O) groups excluding carboxylic acids is 1. The number of anilines is 3. The van der Waals surface area contributed by atoms with Gasteiger partial charge in [-0.2, -0.15) is 0 Å². The molecule has 1 amide bonds. The predicted octanol–water partition coefficient (Wildman–Crippen LogP) is 4.93. The van der Waals surface area contributed by atoms with Gasteiger partial charge in [-0.05, 0) is 63.1 Å². The van der Waals surface area contributed by atoms with Crippen LogP contribution in [0.5, 0.6) is 0 Å². The second-order valence-corrected chi connectivity index (χ2v) is 6.57. The molecule has 0 spiro atoms. The fourth-order valence-corrected chi connectivity index (χ4v) is 3.12. The Hall–Kier alpha value is -2.56. The summed E-state index contributed by atoms with van der Waals surface area (Å²) in [7, 11) is 0. The van der Waals surface area contributed by atoms with Gasteiger partial charge in [-0.3, -0.25) is 4.79 Å². The monoisotopic (exact) mass is 368 g/mol. The van der Waals surface area contributed by atoms with Crippen LogP contribution in [0.15, 0.2) is 42.6 Å². The highest BCUT2D eigenvalue weighted by Crippen LogP contribution is 2.20. The molecule has 1 aromatic heterocycles. The number of hydrogen-bond acceptors (Lipinski definition) is 4. The molecule has 5 nitrogen and oxygen atoms in total. The molecule has 0 aliphatic heterocycles. The van der Waals surface area contributed by atoms with Gasteiger partial charge < -0.3 is 15.1 Å². The van der Waals surface area contributed by atoms with Crippen molar-refractivity contribution >= 4 is 23.1 Å². The highest BCUT2D eigenvalue weighted by atomic mass is 16.2. The van der Waals surface area contributed by atoms with Crippen LogP contribution in [-0.2, 0) is 0 Å². The summed E-state index contributed by atoms with van der Waals surface area (Å²) < 4.78 is 0. The maximum absolute atomic E-state index is 12.6. The molecular weight excluding hydrogens is 336 g/mol. The van der Waals surface area contributed by atoms with Crippen molar-refractivity contribution in [2.45, 2.75) is 40.5 Å². The van der Waals surface area contributed by atoms with Gasteiger partial charge in [0.1, 0.15) is 5.82 Å². The predicted molar refractivity (Wildman–Crippen MR) is 114 cm³/mol. The van der Waals surface area contributed by atoms with E-state index in [4.69, 9.17) is 0 Å². The molecule has 5 heteroatoms. The summed E-state index contributed by atoms with van der Waals surface area (Å²) in [5, 5.41) is 3.30. The maximum atomic E-state index is 12.6. The number of nitrogens with zero attached hydrogens (tertiary/aromatic N) is 3. The second-order valence-electron chi connectivity index (χ2n) is 6.57. The Bertz CT molecular complexity index is 687. The molecule has 146 valence electrons. The first-order valence-electron chi connectivity index (χ1n) is 10.00. The third kappa shape index (κ3) is 5.71. The Kier molecular flexibility index (Phi) is 8.11. The van der Waals surface area contributed by atoms with E-state index in [1.807, 2.05) is 17.0 Å². The van der Waals surface area contributed by atoms with Crippen molar-refractivity contribution in [3.63, 3.8) is 0 Å². The molecule has 2 aromatic rings. The van der Waals surface area contributed by atoms with E-state index in [1.54, 1.807) is 6.20 Å². The van der Waals surface area contributed by atoms with Gasteiger partial charge in [-0.1, -0.05) is 13.8 Å². The Labute approximate surface area is 163 Å². The van der Waals surface area contributed by atoms with Gasteiger partial charge in [0, 0.05) is 43.8 Å². The van der Waals surface area contributed by atoms with E-state index in [2.05, 4.69) is 67.2 Å². The molecule has 1 heterocycles. The lowest BCUT2D eigenvalue weighted by molar-refractivity contribution is 0.0755. The van der Waals surface area contributed by atoms with E-state index in [0.717, 1.165) is 50.5 Å². The Balaban J connectivity index is 2.03. The van der Waals surface area contributed by atoms with Crippen molar-refractivity contribution in [1.29, 1.82) is 0 Å². The van der Waals surface area contributed by atoms with E-state index in [1.165, 1.54) is 5.69 Å². The summed E-state index contributed by atoms with van der Waals surface area (Å²) in [6.07, 6.45) is 3.58. The number of hydrogen-bond donors (Lipinski definition) is 1. The van der Waals surface area contributed by atoms with Crippen LogP contribution in [0.4, 0.5) is 17.2 Å². The van der Waals surface area contributed by atoms with Crippen LogP contribution in [-0.4, -0.2) is 42.0 Å². The van der Waals surface area contributed by atoms with E-state index in [-0.39, 0.29) is 5.91 Å². The molecule has 0 bridgehead atoms. The van der Waals surface area contributed by atoms with Crippen molar-refractivity contribution in [1.82, 2.24) is 9.88 Å². The van der Waals surface area contributed by atoms with E-state index in [0.29, 0.717) is 5.56 Å². The number of rotatable bonds is 10. The molecule has 0 saturated carbocycles. The zero-order chi connectivity index (χ0) is 19.6. The largest absolute Gasteiger partial charge is 0.372 e. The van der Waals surface area contributed by atoms with Crippen molar-refractivity contribution < 1.29 is 4.79 Å². The second kappa shape index (κ2) is 10.6. The number of benzene rings is 1. The first-order valence-corrected chi connectivity index (χ1v) is 10.00. The highest BCUT2D eigenvalue weighted by Gasteiger charge is 2.14. The molecule has 0 saturated heterocycles. The van der Waals surface area contributed by atoms with Crippen LogP contribution in [0.1, 0.15) is 50.9 Å². The zero-order valence-corrected chi connectivity index (χ0v) is 17.0. The maximum Gasteiger partial charge on any atom is 0.255 e. The molecule has 0 radical (unpaired) electrons. The summed E-state index contributed by atoms with van der Waals surface area (Å²) in [5.41, 5.74) is 2.83. The summed E-state index contributed by atoms with van der Waals surface area (Å²) in [5.74, 6) is 0.793. The lowest BCUT2D eigenvalue weighted by Crippen LogP contribution is -2.32. The normalized spacial score (nSPS) is 10.5. The van der Waals surface area contributed by atoms with Gasteiger partial charge >= 0.3 is 0 Å². The summed E-state index contributed by atoms with van der Waals surface area (Å²) in [4.78, 5) is 21.2. The van der Waals surface area contributed by atoms with Crippen LogP contribution < -0.4 is 10.2 Å². The molecule has 2 rings (SSSR count). The first kappa shape index (κ1) is 20.7. The lowest BCUT2D eigenvalue weighted by atomic mass is 10.2. The molecule has 27 heavy (non-hydrogen) atoms. The summed E-state index contributed by atoms with van der Waals surface area (Å²) in [6, 6.07) is 12.0. The molecule has 0 unspecified atom stereocenters. The lowest BCUT2D eigenvalue weighted by Gasteiger charge is -2.21. The Morgan fingerprint density at radius 3 is 2.04 bits per heavy atom. The van der Waals surface area contributed by atoms with E-state index < -0.39 is 0 Å². The first-order chi connectivity index (χ1) is 13.1. The molecule has 0 fully saturated rings. The van der Waals surface area contributed by atoms with Gasteiger partial charge in [0.05, 0.1) is 5.56 Å². The minimum Gasteiger partial charge on any atom is -0.372 e. The van der Waals surface area contributed by atoms with Gasteiger partial charge in [-0.25, -0.2) is 4.98 Å². The molecule has 0 aliphatic rings. The molecule has 1 aromatic carbocycles. The minimum absolute atomic E-state index is 0.0568. The topological polar surface area (TPSA) is 48.5 Å². The molecule has 1 N–H and O–H groups in total. The van der Waals surface area contributed by atoms with Crippen molar-refractivity contribution in [2.24, 2.45) is 0 Å². The number of carbonyl (C=O) groups is 1. The third-order valence-corrected chi connectivity index (χ3v) is 4.55. The van der Waals surface area contributed by atoms with Crippen molar-refractivity contribution in [2.75, 3.05) is 36.4 Å². The average Bonchev–Trinajstić information content (AvgIpc) is 2.70. The van der Waals surface area contributed by atoms with Gasteiger partial charge in [0.2, 0.25) is 0 Å². The van der Waals surface area contributed by atoms with Crippen LogP contribution in [0.2, 0.25) is 0 Å². The fraction of sp³-hybridized carbons (Fsp3) is 0.455. The average molecular weight is 369 g/mol. The smallest absolute Gasteiger partial charge is 0.255 e. The van der Waals surface area contributed by atoms with Gasteiger partial charge in [0.25, 0.3) is 5.91 Å². The van der Waals surface area contributed by atoms with Crippen molar-refractivity contribution in [3.8, 4) is 0 Å². The van der Waals surface area contributed by atoms with Crippen LogP contribution in [0, 0.1) is 0 Å². The summed E-state index contributed by atoms with van der Waals surface area (Å²) >= 11 is 0. The number of pyridine rings is 1. The van der Waals surface area contributed by atoms with Crippen LogP contribution in [0.25, 0.3) is 0 Å². The zero-order valence-electron chi connectivity index (χ0n) is 17.0. The Morgan fingerprint density at radius 1 is 0.926 bits per heavy atom.